The lowest BCUT2D eigenvalue weighted by molar-refractivity contribution is 0.181. The van der Waals surface area contributed by atoms with Crippen molar-refractivity contribution in [2.24, 2.45) is 0 Å². The van der Waals surface area contributed by atoms with Crippen LogP contribution in [-0.2, 0) is 6.42 Å². The Morgan fingerprint density at radius 1 is 1.71 bits per heavy atom. The summed E-state index contributed by atoms with van der Waals surface area (Å²) in [6, 6.07) is 0. The number of rotatable bonds is 3. The fraction of sp³-hybridized carbons (Fsp3) is 0.778. The molecule has 0 aromatic carbocycles. The van der Waals surface area contributed by atoms with Crippen molar-refractivity contribution in [2.75, 3.05) is 11.5 Å². The van der Waals surface area contributed by atoms with Gasteiger partial charge in [-0.1, -0.05) is 5.16 Å². The van der Waals surface area contributed by atoms with Crippen LogP contribution in [0.15, 0.2) is 4.52 Å². The smallest absolute Gasteiger partial charge is 0.229 e. The third-order valence-electron chi connectivity index (χ3n) is 2.25. The molecule has 0 radical (unpaired) electrons. The van der Waals surface area contributed by atoms with E-state index in [1.165, 1.54) is 5.75 Å². The van der Waals surface area contributed by atoms with E-state index in [1.54, 1.807) is 6.92 Å². The molecule has 1 aliphatic heterocycles. The maximum absolute atomic E-state index is 9.15. The van der Waals surface area contributed by atoms with Gasteiger partial charge in [0.25, 0.3) is 0 Å². The summed E-state index contributed by atoms with van der Waals surface area (Å²) in [5, 5.41) is 13.1. The Bertz CT molecular complexity index is 295. The summed E-state index contributed by atoms with van der Waals surface area (Å²) in [7, 11) is 0. The predicted octanol–water partition coefficient (Wildman–Crippen LogP) is 1.21. The molecule has 1 aromatic rings. The van der Waals surface area contributed by atoms with Crippen molar-refractivity contribution in [3.63, 3.8) is 0 Å². The van der Waals surface area contributed by atoms with E-state index in [0.29, 0.717) is 18.2 Å². The molecule has 2 unspecified atom stereocenters. The summed E-state index contributed by atoms with van der Waals surface area (Å²) in [6.45, 7) is 1.72. The van der Waals surface area contributed by atoms with Crippen LogP contribution in [-0.4, -0.2) is 32.9 Å². The average Bonchev–Trinajstić information content (AvgIpc) is 2.69. The lowest BCUT2D eigenvalue weighted by Crippen LogP contribution is -2.05. The molecular formula is C9H14N2O2S. The molecule has 0 aliphatic carbocycles. The second-order valence-electron chi connectivity index (χ2n) is 3.66. The van der Waals surface area contributed by atoms with Crippen molar-refractivity contribution in [3.8, 4) is 0 Å². The summed E-state index contributed by atoms with van der Waals surface area (Å²) in [6.07, 6.45) is 1.17. The van der Waals surface area contributed by atoms with Crippen molar-refractivity contribution in [2.45, 2.75) is 31.8 Å². The fourth-order valence-corrected chi connectivity index (χ4v) is 2.73. The van der Waals surface area contributed by atoms with E-state index < -0.39 is 6.10 Å². The molecule has 1 fully saturated rings. The predicted molar refractivity (Wildman–Crippen MR) is 54.4 cm³/mol. The van der Waals surface area contributed by atoms with E-state index >= 15 is 0 Å². The van der Waals surface area contributed by atoms with Gasteiger partial charge < -0.3 is 9.63 Å². The van der Waals surface area contributed by atoms with Crippen LogP contribution in [0.5, 0.6) is 0 Å². The first-order valence-corrected chi connectivity index (χ1v) is 5.99. The Hall–Kier alpha value is -0.550. The van der Waals surface area contributed by atoms with Gasteiger partial charge >= 0.3 is 0 Å². The van der Waals surface area contributed by atoms with E-state index in [4.69, 9.17) is 9.63 Å². The molecule has 5 heteroatoms. The van der Waals surface area contributed by atoms with E-state index in [2.05, 4.69) is 10.1 Å². The summed E-state index contributed by atoms with van der Waals surface area (Å²) in [4.78, 5) is 4.28. The average molecular weight is 214 g/mol. The van der Waals surface area contributed by atoms with E-state index in [9.17, 15) is 0 Å². The third-order valence-corrected chi connectivity index (χ3v) is 3.41. The van der Waals surface area contributed by atoms with Crippen LogP contribution in [0.1, 0.15) is 31.0 Å². The maximum atomic E-state index is 9.15. The zero-order chi connectivity index (χ0) is 9.97. The molecule has 4 nitrogen and oxygen atoms in total. The molecule has 2 rings (SSSR count). The lowest BCUT2D eigenvalue weighted by Gasteiger charge is -1.99. The number of aliphatic hydroxyl groups is 1. The zero-order valence-corrected chi connectivity index (χ0v) is 8.96. The van der Waals surface area contributed by atoms with Crippen molar-refractivity contribution in [3.05, 3.63) is 11.7 Å². The SMILES string of the molecule is CC(O)Cc1nc(C2CCSC2)no1. The molecule has 14 heavy (non-hydrogen) atoms. The molecule has 0 amide bonds. The highest BCUT2D eigenvalue weighted by Gasteiger charge is 2.22. The third kappa shape index (κ3) is 2.27. The largest absolute Gasteiger partial charge is 0.393 e. The van der Waals surface area contributed by atoms with E-state index in [1.807, 2.05) is 11.8 Å². The molecule has 2 atom stereocenters. The number of aromatic nitrogens is 2. The molecule has 0 saturated carbocycles. The lowest BCUT2D eigenvalue weighted by atomic mass is 10.1. The molecule has 1 saturated heterocycles. The minimum Gasteiger partial charge on any atom is -0.393 e. The minimum absolute atomic E-state index is 0.416. The van der Waals surface area contributed by atoms with Crippen LogP contribution in [0.25, 0.3) is 0 Å². The monoisotopic (exact) mass is 214 g/mol. The number of thioether (sulfide) groups is 1. The topological polar surface area (TPSA) is 59.2 Å². The molecule has 78 valence electrons. The van der Waals surface area contributed by atoms with Crippen molar-refractivity contribution in [1.82, 2.24) is 10.1 Å². The van der Waals surface area contributed by atoms with Crippen molar-refractivity contribution >= 4 is 11.8 Å². The molecule has 1 aliphatic rings. The van der Waals surface area contributed by atoms with E-state index in [-0.39, 0.29) is 0 Å². The summed E-state index contributed by atoms with van der Waals surface area (Å²) in [5.74, 6) is 4.09. The van der Waals surface area contributed by atoms with Crippen LogP contribution in [0.3, 0.4) is 0 Å². The van der Waals surface area contributed by atoms with Crippen LogP contribution < -0.4 is 0 Å². The molecule has 0 spiro atoms. The van der Waals surface area contributed by atoms with Gasteiger partial charge in [-0.3, -0.25) is 0 Å². The number of nitrogens with zero attached hydrogens (tertiary/aromatic N) is 2. The van der Waals surface area contributed by atoms with Gasteiger partial charge in [0, 0.05) is 11.7 Å². The van der Waals surface area contributed by atoms with Crippen LogP contribution in [0.4, 0.5) is 0 Å². The Morgan fingerprint density at radius 2 is 2.57 bits per heavy atom. The molecular weight excluding hydrogens is 200 g/mol. The molecule has 2 heterocycles. The normalized spacial score (nSPS) is 24.0. The maximum Gasteiger partial charge on any atom is 0.229 e. The van der Waals surface area contributed by atoms with Gasteiger partial charge in [0.2, 0.25) is 5.89 Å². The standard InChI is InChI=1S/C9H14N2O2S/c1-6(12)4-8-10-9(11-13-8)7-2-3-14-5-7/h6-7,12H,2-5H2,1H3. The van der Waals surface area contributed by atoms with Gasteiger partial charge in [-0.2, -0.15) is 16.7 Å². The highest BCUT2D eigenvalue weighted by molar-refractivity contribution is 7.99. The van der Waals surface area contributed by atoms with Gasteiger partial charge in [-0.15, -0.1) is 0 Å². The molecule has 0 bridgehead atoms. The fourth-order valence-electron chi connectivity index (χ4n) is 1.51. The number of hydrogen-bond donors (Lipinski definition) is 1. The highest BCUT2D eigenvalue weighted by Crippen LogP contribution is 2.30. The van der Waals surface area contributed by atoms with Gasteiger partial charge in [-0.25, -0.2) is 0 Å². The quantitative estimate of drug-likeness (QED) is 0.819. The van der Waals surface area contributed by atoms with Crippen LogP contribution in [0, 0.1) is 0 Å². The number of hydrogen-bond acceptors (Lipinski definition) is 5. The van der Waals surface area contributed by atoms with Gasteiger partial charge in [-0.05, 0) is 19.1 Å². The number of aliphatic hydroxyl groups excluding tert-OH is 1. The first kappa shape index (κ1) is 9.98. The van der Waals surface area contributed by atoms with Crippen molar-refractivity contribution < 1.29 is 9.63 Å². The first-order chi connectivity index (χ1) is 6.75. The van der Waals surface area contributed by atoms with Crippen LogP contribution in [0.2, 0.25) is 0 Å². The summed E-state index contributed by atoms with van der Waals surface area (Å²) < 4.78 is 5.06. The second kappa shape index (κ2) is 4.31. The van der Waals surface area contributed by atoms with Gasteiger partial charge in [0.05, 0.1) is 12.5 Å². The highest BCUT2D eigenvalue weighted by atomic mass is 32.2. The first-order valence-electron chi connectivity index (χ1n) is 4.84. The van der Waals surface area contributed by atoms with E-state index in [0.717, 1.165) is 18.0 Å². The Kier molecular flexibility index (Phi) is 3.08. The second-order valence-corrected chi connectivity index (χ2v) is 4.81. The molecule has 1 aromatic heterocycles. The Labute approximate surface area is 87.1 Å². The Morgan fingerprint density at radius 3 is 3.21 bits per heavy atom. The zero-order valence-electron chi connectivity index (χ0n) is 8.14. The Balaban J connectivity index is 2.01. The van der Waals surface area contributed by atoms with Crippen LogP contribution >= 0.6 is 11.8 Å². The minimum atomic E-state index is -0.416. The van der Waals surface area contributed by atoms with Crippen molar-refractivity contribution in [1.29, 1.82) is 0 Å². The van der Waals surface area contributed by atoms with Gasteiger partial charge in [0.15, 0.2) is 5.82 Å². The molecule has 1 N–H and O–H groups in total. The summed E-state index contributed by atoms with van der Waals surface area (Å²) in [5.41, 5.74) is 0. The van der Waals surface area contributed by atoms with Gasteiger partial charge in [0.1, 0.15) is 0 Å². The summed E-state index contributed by atoms with van der Waals surface area (Å²) >= 11 is 1.93.